The van der Waals surface area contributed by atoms with E-state index in [0.29, 0.717) is 0 Å². The van der Waals surface area contributed by atoms with Crippen LogP contribution >= 0.6 is 11.3 Å². The summed E-state index contributed by atoms with van der Waals surface area (Å²) >= 11 is 1.57. The van der Waals surface area contributed by atoms with Gasteiger partial charge in [0.1, 0.15) is 5.92 Å². The average Bonchev–Trinajstić information content (AvgIpc) is 2.74. The van der Waals surface area contributed by atoms with Crippen LogP contribution in [0.2, 0.25) is 0 Å². The van der Waals surface area contributed by atoms with Gasteiger partial charge in [-0.15, -0.1) is 11.3 Å². The maximum atomic E-state index is 11.5. The second kappa shape index (κ2) is 4.63. The molecule has 2 rings (SSSR count). The van der Waals surface area contributed by atoms with Gasteiger partial charge in [-0.25, -0.2) is 0 Å². The van der Waals surface area contributed by atoms with E-state index in [9.17, 15) is 9.90 Å². The van der Waals surface area contributed by atoms with E-state index < -0.39 is 11.9 Å². The van der Waals surface area contributed by atoms with Crippen molar-refractivity contribution in [2.75, 3.05) is 13.7 Å². The number of esters is 1. The lowest BCUT2D eigenvalue weighted by molar-refractivity contribution is -0.143. The van der Waals surface area contributed by atoms with E-state index in [-0.39, 0.29) is 6.61 Å². The first-order valence-corrected chi connectivity index (χ1v) is 5.80. The van der Waals surface area contributed by atoms with E-state index in [2.05, 4.69) is 4.74 Å². The number of hydrogen-bond donors (Lipinski definition) is 1. The molecule has 1 heterocycles. The molecule has 0 spiro atoms. The van der Waals surface area contributed by atoms with Crippen LogP contribution in [0.4, 0.5) is 0 Å². The molecule has 3 nitrogen and oxygen atoms in total. The molecular formula is C12H12O3S. The molecular weight excluding hydrogens is 224 g/mol. The van der Waals surface area contributed by atoms with Gasteiger partial charge in [0.25, 0.3) is 0 Å². The van der Waals surface area contributed by atoms with Crippen molar-refractivity contribution >= 4 is 27.4 Å². The third-order valence-electron chi connectivity index (χ3n) is 2.55. The molecule has 1 unspecified atom stereocenters. The lowest BCUT2D eigenvalue weighted by Gasteiger charge is -2.10. The van der Waals surface area contributed by atoms with Crippen LogP contribution in [0, 0.1) is 0 Å². The van der Waals surface area contributed by atoms with Crippen molar-refractivity contribution in [3.8, 4) is 0 Å². The van der Waals surface area contributed by atoms with Gasteiger partial charge >= 0.3 is 5.97 Å². The summed E-state index contributed by atoms with van der Waals surface area (Å²) in [5, 5.41) is 12.2. The van der Waals surface area contributed by atoms with Crippen LogP contribution in [0.25, 0.3) is 10.1 Å². The highest BCUT2D eigenvalue weighted by Crippen LogP contribution is 2.31. The number of benzene rings is 1. The summed E-state index contributed by atoms with van der Waals surface area (Å²) in [6, 6.07) is 7.82. The number of carbonyl (C=O) groups excluding carboxylic acids is 1. The number of aliphatic hydroxyl groups excluding tert-OH is 1. The lowest BCUT2D eigenvalue weighted by Crippen LogP contribution is -2.17. The molecule has 2 aromatic rings. The molecule has 16 heavy (non-hydrogen) atoms. The van der Waals surface area contributed by atoms with Crippen LogP contribution in [-0.4, -0.2) is 24.8 Å². The first kappa shape index (κ1) is 11.1. The minimum Gasteiger partial charge on any atom is -0.468 e. The molecule has 0 aliphatic carbocycles. The molecule has 0 bridgehead atoms. The Labute approximate surface area is 97.3 Å². The third-order valence-corrected chi connectivity index (χ3v) is 3.54. The first-order valence-electron chi connectivity index (χ1n) is 4.92. The first-order chi connectivity index (χ1) is 7.77. The maximum Gasteiger partial charge on any atom is 0.315 e. The Hall–Kier alpha value is -1.39. The van der Waals surface area contributed by atoms with Gasteiger partial charge in [0.15, 0.2) is 0 Å². The summed E-state index contributed by atoms with van der Waals surface area (Å²) in [5.74, 6) is -0.979. The number of carbonyl (C=O) groups is 1. The number of aliphatic hydroxyl groups is 1. The Balaban J connectivity index is 2.49. The number of rotatable bonds is 3. The van der Waals surface area contributed by atoms with Gasteiger partial charge in [0.2, 0.25) is 0 Å². The monoisotopic (exact) mass is 236 g/mol. The molecule has 4 heteroatoms. The quantitative estimate of drug-likeness (QED) is 0.831. The van der Waals surface area contributed by atoms with E-state index in [1.807, 2.05) is 29.6 Å². The second-order valence-electron chi connectivity index (χ2n) is 3.45. The zero-order chi connectivity index (χ0) is 11.5. The van der Waals surface area contributed by atoms with Crippen LogP contribution < -0.4 is 0 Å². The predicted molar refractivity (Wildman–Crippen MR) is 63.7 cm³/mol. The third kappa shape index (κ3) is 1.81. The van der Waals surface area contributed by atoms with Crippen LogP contribution in [-0.2, 0) is 9.53 Å². The Bertz CT molecular complexity index is 504. The van der Waals surface area contributed by atoms with Gasteiger partial charge in [-0.2, -0.15) is 0 Å². The number of methoxy groups -OCH3 is 1. The molecule has 0 radical (unpaired) electrons. The van der Waals surface area contributed by atoms with Gasteiger partial charge < -0.3 is 9.84 Å². The van der Waals surface area contributed by atoms with E-state index in [1.165, 1.54) is 7.11 Å². The number of hydrogen-bond acceptors (Lipinski definition) is 4. The lowest BCUT2D eigenvalue weighted by atomic mass is 10.00. The zero-order valence-corrected chi connectivity index (χ0v) is 9.66. The highest BCUT2D eigenvalue weighted by atomic mass is 32.1. The fourth-order valence-electron chi connectivity index (χ4n) is 1.71. The van der Waals surface area contributed by atoms with Gasteiger partial charge in [-0.1, -0.05) is 18.2 Å². The van der Waals surface area contributed by atoms with Gasteiger partial charge in [-0.3, -0.25) is 4.79 Å². The summed E-state index contributed by atoms with van der Waals surface area (Å²) in [5.41, 5.74) is 0.843. The molecule has 0 amide bonds. The number of fused-ring (bicyclic) bond motifs is 1. The highest BCUT2D eigenvalue weighted by molar-refractivity contribution is 7.17. The normalized spacial score (nSPS) is 12.6. The zero-order valence-electron chi connectivity index (χ0n) is 8.84. The van der Waals surface area contributed by atoms with E-state index >= 15 is 0 Å². The van der Waals surface area contributed by atoms with E-state index in [1.54, 1.807) is 11.3 Å². The fraction of sp³-hybridized carbons (Fsp3) is 0.250. The van der Waals surface area contributed by atoms with Crippen molar-refractivity contribution in [3.63, 3.8) is 0 Å². The Morgan fingerprint density at radius 3 is 2.94 bits per heavy atom. The van der Waals surface area contributed by atoms with Crippen molar-refractivity contribution < 1.29 is 14.6 Å². The van der Waals surface area contributed by atoms with Gasteiger partial charge in [-0.05, 0) is 22.4 Å². The van der Waals surface area contributed by atoms with Gasteiger partial charge in [0.05, 0.1) is 13.7 Å². The predicted octanol–water partition coefficient (Wildman–Crippen LogP) is 2.15. The molecule has 84 valence electrons. The maximum absolute atomic E-state index is 11.5. The molecule has 0 saturated carbocycles. The van der Waals surface area contributed by atoms with Crippen molar-refractivity contribution in [2.45, 2.75) is 5.92 Å². The minimum atomic E-state index is -0.582. The van der Waals surface area contributed by atoms with E-state index in [4.69, 9.17) is 0 Å². The molecule has 0 aliphatic heterocycles. The summed E-state index contributed by atoms with van der Waals surface area (Å²) in [4.78, 5) is 11.5. The molecule has 0 saturated heterocycles. The van der Waals surface area contributed by atoms with Crippen molar-refractivity contribution in [3.05, 3.63) is 35.2 Å². The largest absolute Gasteiger partial charge is 0.468 e. The second-order valence-corrected chi connectivity index (χ2v) is 4.36. The van der Waals surface area contributed by atoms with Crippen LogP contribution in [0.1, 0.15) is 11.5 Å². The molecule has 1 atom stereocenters. The summed E-state index contributed by atoms with van der Waals surface area (Å²) < 4.78 is 5.79. The molecule has 1 aromatic heterocycles. The Kier molecular flexibility index (Phi) is 3.22. The molecule has 1 N–H and O–H groups in total. The van der Waals surface area contributed by atoms with E-state index in [0.717, 1.165) is 15.6 Å². The van der Waals surface area contributed by atoms with Crippen molar-refractivity contribution in [1.29, 1.82) is 0 Å². The topological polar surface area (TPSA) is 46.5 Å². The van der Waals surface area contributed by atoms with Crippen LogP contribution in [0.15, 0.2) is 29.6 Å². The number of ether oxygens (including phenoxy) is 1. The highest BCUT2D eigenvalue weighted by Gasteiger charge is 2.23. The number of thiophene rings is 1. The summed E-state index contributed by atoms with van der Waals surface area (Å²) in [7, 11) is 1.33. The Morgan fingerprint density at radius 1 is 1.50 bits per heavy atom. The van der Waals surface area contributed by atoms with Gasteiger partial charge in [0, 0.05) is 4.70 Å². The molecule has 0 aliphatic rings. The SMILES string of the molecule is COC(=O)C(CO)c1csc2ccccc12. The smallest absolute Gasteiger partial charge is 0.315 e. The summed E-state index contributed by atoms with van der Waals surface area (Å²) in [6.07, 6.45) is 0. The van der Waals surface area contributed by atoms with Crippen LogP contribution in [0.5, 0.6) is 0 Å². The fourth-order valence-corrected chi connectivity index (χ4v) is 2.73. The van der Waals surface area contributed by atoms with Crippen molar-refractivity contribution in [1.82, 2.24) is 0 Å². The standard InChI is InChI=1S/C12H12O3S/c1-15-12(14)9(6-13)10-7-16-11-5-3-2-4-8(10)11/h2-5,7,9,13H,6H2,1H3. The molecule has 0 fully saturated rings. The van der Waals surface area contributed by atoms with Crippen molar-refractivity contribution in [2.24, 2.45) is 0 Å². The minimum absolute atomic E-state index is 0.229. The molecule has 1 aromatic carbocycles. The Morgan fingerprint density at radius 2 is 2.25 bits per heavy atom. The summed E-state index contributed by atoms with van der Waals surface area (Å²) in [6.45, 7) is -0.229. The van der Waals surface area contributed by atoms with Crippen LogP contribution in [0.3, 0.4) is 0 Å². The average molecular weight is 236 g/mol.